The van der Waals surface area contributed by atoms with Gasteiger partial charge in [-0.25, -0.2) is 4.63 Å². The molecular formula is C30H12N2OS4. The zero-order chi connectivity index (χ0) is 24.3. The highest BCUT2D eigenvalue weighted by atomic mass is 32.1. The first kappa shape index (κ1) is 21.1. The third-order valence-corrected chi connectivity index (χ3v) is 10.0. The summed E-state index contributed by atoms with van der Waals surface area (Å²) >= 11 is 6.93. The summed E-state index contributed by atoms with van der Waals surface area (Å²) in [6, 6.07) is 21.5. The second kappa shape index (κ2) is 8.27. The van der Waals surface area contributed by atoms with E-state index < -0.39 is 0 Å². The molecule has 8 aromatic rings. The maximum atomic E-state index is 5.09. The van der Waals surface area contributed by atoms with E-state index in [4.69, 9.17) is 4.63 Å². The number of hydrogen-bond acceptors (Lipinski definition) is 7. The van der Waals surface area contributed by atoms with Crippen LogP contribution in [0.2, 0.25) is 0 Å². The molecule has 5 aromatic heterocycles. The molecule has 8 rings (SSSR count). The van der Waals surface area contributed by atoms with E-state index in [1.54, 1.807) is 45.3 Å². The van der Waals surface area contributed by atoms with Crippen molar-refractivity contribution in [1.29, 1.82) is 0 Å². The van der Waals surface area contributed by atoms with Gasteiger partial charge in [-0.05, 0) is 103 Å². The molecule has 0 saturated carbocycles. The van der Waals surface area contributed by atoms with Gasteiger partial charge in [0.2, 0.25) is 0 Å². The Morgan fingerprint density at radius 1 is 0.514 bits per heavy atom. The number of rotatable bonds is 0. The van der Waals surface area contributed by atoms with Crippen molar-refractivity contribution < 1.29 is 4.63 Å². The van der Waals surface area contributed by atoms with E-state index in [1.807, 2.05) is 12.1 Å². The summed E-state index contributed by atoms with van der Waals surface area (Å²) in [6.45, 7) is 0. The molecule has 0 unspecified atom stereocenters. The zero-order valence-corrected chi connectivity index (χ0v) is 22.1. The SMILES string of the molecule is C(#Cc1ccc(C#Cc2cc3cc4sccc4cc3s2)c2nonc12)c1cc2cc3sccc3cc2s1. The molecule has 0 N–H and O–H groups in total. The molecule has 37 heavy (non-hydrogen) atoms. The van der Waals surface area contributed by atoms with Crippen LogP contribution in [0, 0.1) is 23.7 Å². The van der Waals surface area contributed by atoms with Gasteiger partial charge in [0.1, 0.15) is 0 Å². The highest BCUT2D eigenvalue weighted by molar-refractivity contribution is 7.21. The van der Waals surface area contributed by atoms with E-state index in [1.165, 1.54) is 40.3 Å². The van der Waals surface area contributed by atoms with E-state index in [0.29, 0.717) is 11.0 Å². The van der Waals surface area contributed by atoms with Gasteiger partial charge in [-0.15, -0.1) is 45.3 Å². The summed E-state index contributed by atoms with van der Waals surface area (Å²) in [4.78, 5) is 2.04. The zero-order valence-electron chi connectivity index (χ0n) is 18.9. The number of nitrogens with zero attached hydrogens (tertiary/aromatic N) is 2. The maximum Gasteiger partial charge on any atom is 0.152 e. The van der Waals surface area contributed by atoms with E-state index in [9.17, 15) is 0 Å². The Morgan fingerprint density at radius 2 is 1.00 bits per heavy atom. The lowest BCUT2D eigenvalue weighted by atomic mass is 10.1. The topological polar surface area (TPSA) is 38.9 Å². The van der Waals surface area contributed by atoms with Crippen LogP contribution in [0.4, 0.5) is 0 Å². The fourth-order valence-electron chi connectivity index (χ4n) is 4.44. The standard InChI is InChI=1S/C30H12N2OS4/c1-2-18(4-6-24-12-22-16-26-20(8-10-35-26)14-28(22)37-24)30-29(31-33-32-30)17(1)3-5-23-11-21-15-25-19(7-9-34-25)13-27(21)36-23/h1-2,7-16H. The molecular weight excluding hydrogens is 533 g/mol. The van der Waals surface area contributed by atoms with E-state index in [2.05, 4.69) is 93.3 Å². The second-order valence-electron chi connectivity index (χ2n) is 8.54. The monoisotopic (exact) mass is 544 g/mol. The molecule has 0 aliphatic carbocycles. The summed E-state index contributed by atoms with van der Waals surface area (Å²) in [5, 5.41) is 17.5. The second-order valence-corrected chi connectivity index (χ2v) is 12.6. The molecule has 0 aliphatic heterocycles. The van der Waals surface area contributed by atoms with Crippen molar-refractivity contribution in [1.82, 2.24) is 10.3 Å². The third kappa shape index (κ3) is 3.64. The minimum absolute atomic E-state index is 0.637. The molecule has 0 radical (unpaired) electrons. The van der Waals surface area contributed by atoms with Crippen LogP contribution in [0.15, 0.2) is 76.1 Å². The lowest BCUT2D eigenvalue weighted by molar-refractivity contribution is 0.315. The normalized spacial score (nSPS) is 11.4. The van der Waals surface area contributed by atoms with Crippen molar-refractivity contribution in [3.8, 4) is 23.7 Å². The highest BCUT2D eigenvalue weighted by Gasteiger charge is 2.10. The van der Waals surface area contributed by atoms with Crippen molar-refractivity contribution in [2.75, 3.05) is 0 Å². The van der Waals surface area contributed by atoms with Crippen molar-refractivity contribution in [2.45, 2.75) is 0 Å². The average Bonchev–Trinajstić information content (AvgIpc) is 3.72. The van der Waals surface area contributed by atoms with Gasteiger partial charge in [0.05, 0.1) is 20.9 Å². The van der Waals surface area contributed by atoms with Crippen molar-refractivity contribution in [3.63, 3.8) is 0 Å². The van der Waals surface area contributed by atoms with Crippen LogP contribution >= 0.6 is 45.3 Å². The number of benzene rings is 3. The van der Waals surface area contributed by atoms with Crippen LogP contribution in [-0.4, -0.2) is 10.3 Å². The van der Waals surface area contributed by atoms with Crippen LogP contribution in [0.1, 0.15) is 20.9 Å². The molecule has 5 heterocycles. The Kier molecular flexibility index (Phi) is 4.73. The third-order valence-electron chi connectivity index (χ3n) is 6.24. The Morgan fingerprint density at radius 3 is 1.51 bits per heavy atom. The van der Waals surface area contributed by atoms with Gasteiger partial charge in [0.25, 0.3) is 0 Å². The molecule has 0 amide bonds. The Bertz CT molecular complexity index is 2030. The van der Waals surface area contributed by atoms with Crippen LogP contribution < -0.4 is 0 Å². The summed E-state index contributed by atoms with van der Waals surface area (Å²) in [5.41, 5.74) is 2.83. The van der Waals surface area contributed by atoms with Crippen molar-refractivity contribution in [2.24, 2.45) is 0 Å². The smallest absolute Gasteiger partial charge is 0.152 e. The number of hydrogen-bond donors (Lipinski definition) is 0. The first-order valence-corrected chi connectivity index (χ1v) is 14.8. The van der Waals surface area contributed by atoms with Gasteiger partial charge < -0.3 is 0 Å². The molecule has 0 spiro atoms. The molecule has 172 valence electrons. The van der Waals surface area contributed by atoms with E-state index in [0.717, 1.165) is 20.9 Å². The summed E-state index contributed by atoms with van der Waals surface area (Å²) in [6.07, 6.45) is 0. The summed E-state index contributed by atoms with van der Waals surface area (Å²) in [7, 11) is 0. The summed E-state index contributed by atoms with van der Waals surface area (Å²) < 4.78 is 10.2. The fourth-order valence-corrected chi connectivity index (χ4v) is 7.97. The lowest BCUT2D eigenvalue weighted by Gasteiger charge is -1.93. The van der Waals surface area contributed by atoms with Crippen LogP contribution in [0.3, 0.4) is 0 Å². The van der Waals surface area contributed by atoms with Gasteiger partial charge >= 0.3 is 0 Å². The van der Waals surface area contributed by atoms with Crippen molar-refractivity contribution in [3.05, 3.63) is 92.3 Å². The number of aromatic nitrogens is 2. The largest absolute Gasteiger partial charge is 0.243 e. The minimum Gasteiger partial charge on any atom is -0.243 e. The molecule has 3 nitrogen and oxygen atoms in total. The first-order chi connectivity index (χ1) is 18.3. The fraction of sp³-hybridized carbons (Fsp3) is 0. The van der Waals surface area contributed by atoms with Gasteiger partial charge in [-0.1, -0.05) is 23.7 Å². The maximum absolute atomic E-state index is 5.09. The van der Waals surface area contributed by atoms with Gasteiger partial charge in [-0.2, -0.15) is 0 Å². The lowest BCUT2D eigenvalue weighted by Crippen LogP contribution is -1.84. The van der Waals surface area contributed by atoms with Crippen LogP contribution in [0.5, 0.6) is 0 Å². The molecule has 7 heteroatoms. The van der Waals surface area contributed by atoms with Gasteiger partial charge in [0.15, 0.2) is 11.0 Å². The molecule has 0 aliphatic rings. The minimum atomic E-state index is 0.637. The first-order valence-electron chi connectivity index (χ1n) is 11.4. The average molecular weight is 545 g/mol. The molecule has 0 saturated heterocycles. The van der Waals surface area contributed by atoms with E-state index >= 15 is 0 Å². The predicted octanol–water partition coefficient (Wildman–Crippen LogP) is 8.88. The molecule has 0 bridgehead atoms. The summed E-state index contributed by atoms with van der Waals surface area (Å²) in [5.74, 6) is 13.2. The van der Waals surface area contributed by atoms with Crippen molar-refractivity contribution >= 4 is 96.7 Å². The Labute approximate surface area is 226 Å². The quantitative estimate of drug-likeness (QED) is 0.179. The molecule has 3 aromatic carbocycles. The predicted molar refractivity (Wildman–Crippen MR) is 158 cm³/mol. The molecule has 0 fully saturated rings. The van der Waals surface area contributed by atoms with Crippen LogP contribution in [0.25, 0.3) is 51.4 Å². The number of fused-ring (bicyclic) bond motifs is 5. The number of thiophene rings is 4. The Hall–Kier alpha value is -3.98. The van der Waals surface area contributed by atoms with Gasteiger partial charge in [-0.3, -0.25) is 0 Å². The molecule has 0 atom stereocenters. The van der Waals surface area contributed by atoms with Crippen LogP contribution in [-0.2, 0) is 0 Å². The highest BCUT2D eigenvalue weighted by Crippen LogP contribution is 2.33. The van der Waals surface area contributed by atoms with Gasteiger partial charge in [0, 0.05) is 18.8 Å². The van der Waals surface area contributed by atoms with E-state index in [-0.39, 0.29) is 0 Å². The Balaban J connectivity index is 1.14.